The molecule has 0 fully saturated rings. The summed E-state index contributed by atoms with van der Waals surface area (Å²) in [6.45, 7) is 5.49. The standard InChI is InChI=1S/C22H25NO3/c1-14-8-9-15(2)20(12-14)23-21(24)16(3)26-22(25)19-11-10-17-6-4-5-7-18(17)13-19/h8-13,16H,4-7H2,1-3H3,(H,23,24)/t16-/m0/s1. The first-order valence-corrected chi connectivity index (χ1v) is 9.15. The Labute approximate surface area is 154 Å². The topological polar surface area (TPSA) is 55.4 Å². The number of amides is 1. The number of anilines is 1. The second kappa shape index (κ2) is 7.73. The lowest BCUT2D eigenvalue weighted by Crippen LogP contribution is -2.30. The van der Waals surface area contributed by atoms with Crippen molar-refractivity contribution in [1.29, 1.82) is 0 Å². The molecule has 0 unspecified atom stereocenters. The summed E-state index contributed by atoms with van der Waals surface area (Å²) in [5.74, 6) is -0.785. The Balaban J connectivity index is 1.65. The normalized spacial score (nSPS) is 14.3. The second-order valence-electron chi connectivity index (χ2n) is 7.05. The van der Waals surface area contributed by atoms with Gasteiger partial charge in [-0.25, -0.2) is 4.79 Å². The maximum Gasteiger partial charge on any atom is 0.338 e. The summed E-state index contributed by atoms with van der Waals surface area (Å²) in [6, 6.07) is 11.6. The van der Waals surface area contributed by atoms with E-state index >= 15 is 0 Å². The van der Waals surface area contributed by atoms with Crippen LogP contribution in [0.2, 0.25) is 0 Å². The highest BCUT2D eigenvalue weighted by molar-refractivity contribution is 5.97. The first kappa shape index (κ1) is 18.2. The lowest BCUT2D eigenvalue weighted by atomic mass is 9.90. The van der Waals surface area contributed by atoms with Crippen LogP contribution in [0.3, 0.4) is 0 Å². The zero-order valence-electron chi connectivity index (χ0n) is 15.6. The fraction of sp³-hybridized carbons (Fsp3) is 0.364. The first-order chi connectivity index (χ1) is 12.4. The van der Waals surface area contributed by atoms with Gasteiger partial charge in [-0.1, -0.05) is 18.2 Å². The second-order valence-corrected chi connectivity index (χ2v) is 7.05. The molecular formula is C22H25NO3. The highest BCUT2D eigenvalue weighted by Crippen LogP contribution is 2.23. The van der Waals surface area contributed by atoms with Crippen molar-refractivity contribution >= 4 is 17.6 Å². The number of carbonyl (C=O) groups excluding carboxylic acids is 2. The number of nitrogens with one attached hydrogen (secondary N) is 1. The summed E-state index contributed by atoms with van der Waals surface area (Å²) >= 11 is 0. The molecule has 4 nitrogen and oxygen atoms in total. The number of benzene rings is 2. The summed E-state index contributed by atoms with van der Waals surface area (Å²) in [6.07, 6.45) is 3.56. The number of ether oxygens (including phenoxy) is 1. The molecule has 0 spiro atoms. The SMILES string of the molecule is Cc1ccc(C)c(NC(=O)[C@H](C)OC(=O)c2ccc3c(c2)CCCC3)c1. The molecule has 136 valence electrons. The lowest BCUT2D eigenvalue weighted by molar-refractivity contribution is -0.123. The molecule has 1 aliphatic rings. The molecular weight excluding hydrogens is 326 g/mol. The number of fused-ring (bicyclic) bond motifs is 1. The predicted octanol–water partition coefficient (Wildman–Crippen LogP) is 4.37. The van der Waals surface area contributed by atoms with Gasteiger partial charge in [0.2, 0.25) is 0 Å². The largest absolute Gasteiger partial charge is 0.449 e. The molecule has 1 aliphatic carbocycles. The fourth-order valence-corrected chi connectivity index (χ4v) is 3.25. The number of hydrogen-bond donors (Lipinski definition) is 1. The molecule has 1 amide bonds. The third-order valence-electron chi connectivity index (χ3n) is 4.89. The van der Waals surface area contributed by atoms with Gasteiger partial charge in [-0.15, -0.1) is 0 Å². The van der Waals surface area contributed by atoms with Crippen LogP contribution in [-0.4, -0.2) is 18.0 Å². The summed E-state index contributed by atoms with van der Waals surface area (Å²) in [5.41, 5.74) is 5.82. The molecule has 0 saturated heterocycles. The quantitative estimate of drug-likeness (QED) is 0.833. The van der Waals surface area contributed by atoms with Gasteiger partial charge in [-0.3, -0.25) is 4.79 Å². The highest BCUT2D eigenvalue weighted by atomic mass is 16.5. The Kier molecular flexibility index (Phi) is 5.40. The van der Waals surface area contributed by atoms with Crippen LogP contribution in [0, 0.1) is 13.8 Å². The van der Waals surface area contributed by atoms with Crippen molar-refractivity contribution in [1.82, 2.24) is 0 Å². The van der Waals surface area contributed by atoms with E-state index in [0.717, 1.165) is 36.1 Å². The van der Waals surface area contributed by atoms with Crippen LogP contribution in [0.1, 0.15) is 52.4 Å². The van der Waals surface area contributed by atoms with Crippen LogP contribution in [0.25, 0.3) is 0 Å². The number of carbonyl (C=O) groups is 2. The number of rotatable bonds is 4. The Bertz CT molecular complexity index is 841. The van der Waals surface area contributed by atoms with Gasteiger partial charge < -0.3 is 10.1 Å². The summed E-state index contributed by atoms with van der Waals surface area (Å²) < 4.78 is 5.38. The fourth-order valence-electron chi connectivity index (χ4n) is 3.25. The van der Waals surface area contributed by atoms with Gasteiger partial charge >= 0.3 is 5.97 Å². The van der Waals surface area contributed by atoms with Crippen molar-refractivity contribution in [3.8, 4) is 0 Å². The van der Waals surface area contributed by atoms with E-state index in [4.69, 9.17) is 4.74 Å². The molecule has 2 aromatic rings. The van der Waals surface area contributed by atoms with Gasteiger partial charge in [0, 0.05) is 5.69 Å². The van der Waals surface area contributed by atoms with Crippen LogP contribution in [0.15, 0.2) is 36.4 Å². The van der Waals surface area contributed by atoms with Crippen LogP contribution >= 0.6 is 0 Å². The molecule has 0 bridgehead atoms. The van der Waals surface area contributed by atoms with E-state index in [2.05, 4.69) is 5.32 Å². The summed E-state index contributed by atoms with van der Waals surface area (Å²) in [4.78, 5) is 24.8. The third kappa shape index (κ3) is 4.13. The highest BCUT2D eigenvalue weighted by Gasteiger charge is 2.21. The maximum absolute atomic E-state index is 12.4. The molecule has 1 atom stereocenters. The van der Waals surface area contributed by atoms with Gasteiger partial charge in [0.1, 0.15) is 0 Å². The van der Waals surface area contributed by atoms with E-state index in [-0.39, 0.29) is 5.91 Å². The van der Waals surface area contributed by atoms with Crippen molar-refractivity contribution in [2.75, 3.05) is 5.32 Å². The molecule has 26 heavy (non-hydrogen) atoms. The molecule has 0 heterocycles. The van der Waals surface area contributed by atoms with Gasteiger partial charge in [-0.05, 0) is 86.9 Å². The smallest absolute Gasteiger partial charge is 0.338 e. The molecule has 2 aromatic carbocycles. The minimum absolute atomic E-state index is 0.329. The average Bonchev–Trinajstić information content (AvgIpc) is 2.64. The Hall–Kier alpha value is -2.62. The third-order valence-corrected chi connectivity index (χ3v) is 4.89. The molecule has 0 radical (unpaired) electrons. The summed E-state index contributed by atoms with van der Waals surface area (Å²) in [5, 5.41) is 2.84. The first-order valence-electron chi connectivity index (χ1n) is 9.15. The van der Waals surface area contributed by atoms with Crippen molar-refractivity contribution in [2.45, 2.75) is 52.6 Å². The van der Waals surface area contributed by atoms with Crippen molar-refractivity contribution < 1.29 is 14.3 Å². The summed E-state index contributed by atoms with van der Waals surface area (Å²) in [7, 11) is 0. The monoisotopic (exact) mass is 351 g/mol. The van der Waals surface area contributed by atoms with Crippen LogP contribution in [0.5, 0.6) is 0 Å². The lowest BCUT2D eigenvalue weighted by Gasteiger charge is -2.18. The zero-order chi connectivity index (χ0) is 18.7. The van der Waals surface area contributed by atoms with Crippen molar-refractivity contribution in [2.24, 2.45) is 0 Å². The maximum atomic E-state index is 12.4. The average molecular weight is 351 g/mol. The van der Waals surface area contributed by atoms with Crippen LogP contribution in [-0.2, 0) is 22.4 Å². The number of esters is 1. The molecule has 0 saturated carbocycles. The molecule has 0 aliphatic heterocycles. The predicted molar refractivity (Wildman–Crippen MR) is 103 cm³/mol. The Morgan fingerprint density at radius 3 is 2.50 bits per heavy atom. The van der Waals surface area contributed by atoms with E-state index in [9.17, 15) is 9.59 Å². The van der Waals surface area contributed by atoms with E-state index in [1.54, 1.807) is 13.0 Å². The van der Waals surface area contributed by atoms with Gasteiger partial charge in [-0.2, -0.15) is 0 Å². The van der Waals surface area contributed by atoms with E-state index in [1.165, 1.54) is 17.5 Å². The Morgan fingerprint density at radius 1 is 1.00 bits per heavy atom. The van der Waals surface area contributed by atoms with E-state index < -0.39 is 12.1 Å². The minimum atomic E-state index is -0.863. The molecule has 1 N–H and O–H groups in total. The van der Waals surface area contributed by atoms with Crippen molar-refractivity contribution in [3.63, 3.8) is 0 Å². The van der Waals surface area contributed by atoms with Crippen LogP contribution < -0.4 is 5.32 Å². The zero-order valence-corrected chi connectivity index (χ0v) is 15.6. The number of aryl methyl sites for hydroxylation is 4. The number of hydrogen-bond acceptors (Lipinski definition) is 3. The molecule has 3 rings (SSSR count). The van der Waals surface area contributed by atoms with E-state index in [1.807, 2.05) is 44.2 Å². The van der Waals surface area contributed by atoms with Gasteiger partial charge in [0.25, 0.3) is 5.91 Å². The minimum Gasteiger partial charge on any atom is -0.449 e. The van der Waals surface area contributed by atoms with Crippen molar-refractivity contribution in [3.05, 3.63) is 64.2 Å². The van der Waals surface area contributed by atoms with Gasteiger partial charge in [0.05, 0.1) is 5.56 Å². The van der Waals surface area contributed by atoms with Crippen LogP contribution in [0.4, 0.5) is 5.69 Å². The van der Waals surface area contributed by atoms with Gasteiger partial charge in [0.15, 0.2) is 6.10 Å². The Morgan fingerprint density at radius 2 is 1.73 bits per heavy atom. The molecule has 4 heteroatoms. The molecule has 0 aromatic heterocycles. The van der Waals surface area contributed by atoms with E-state index in [0.29, 0.717) is 5.56 Å².